The number of rotatable bonds is 4. The van der Waals surface area contributed by atoms with Crippen LogP contribution in [0.4, 0.5) is 23.7 Å². The van der Waals surface area contributed by atoms with Crippen LogP contribution in [0.1, 0.15) is 29.5 Å². The van der Waals surface area contributed by atoms with Crippen molar-refractivity contribution >= 4 is 11.7 Å². The van der Waals surface area contributed by atoms with Crippen molar-refractivity contribution in [2.24, 2.45) is 0 Å². The van der Waals surface area contributed by atoms with Gasteiger partial charge >= 0.3 is 12.2 Å². The molecule has 2 aromatic rings. The minimum absolute atomic E-state index is 0.103. The fourth-order valence-electron chi connectivity index (χ4n) is 2.88. The van der Waals surface area contributed by atoms with Crippen molar-refractivity contribution in [1.82, 2.24) is 5.32 Å². The number of halogens is 3. The van der Waals surface area contributed by atoms with Gasteiger partial charge in [0.2, 0.25) is 0 Å². The highest BCUT2D eigenvalue weighted by Gasteiger charge is 2.44. The van der Waals surface area contributed by atoms with E-state index in [1.807, 2.05) is 31.2 Å². The van der Waals surface area contributed by atoms with Gasteiger partial charge in [-0.3, -0.25) is 0 Å². The van der Waals surface area contributed by atoms with Crippen LogP contribution in [0.2, 0.25) is 0 Å². The van der Waals surface area contributed by atoms with E-state index in [4.69, 9.17) is 0 Å². The number of amides is 2. The second-order valence-electron chi connectivity index (χ2n) is 6.50. The minimum Gasteiger partial charge on any atom is -0.337 e. The van der Waals surface area contributed by atoms with Crippen molar-refractivity contribution in [3.05, 3.63) is 65.2 Å². The molecule has 2 N–H and O–H groups in total. The van der Waals surface area contributed by atoms with Crippen molar-refractivity contribution in [2.75, 3.05) is 11.9 Å². The molecule has 1 fully saturated rings. The molecule has 1 aliphatic rings. The molecule has 1 aliphatic carbocycles. The largest absolute Gasteiger partial charge is 0.418 e. The standard InChI is InChI=1S/C19H19F3N2O/c1-13-6-8-14(9-7-13)18(10-11-18)12-23-17(25)24-16-5-3-2-4-15(16)19(20,21)22/h2-9H,10-12H2,1H3,(H2,23,24,25). The molecule has 0 aliphatic heterocycles. The van der Waals surface area contributed by atoms with Crippen LogP contribution in [-0.4, -0.2) is 12.6 Å². The van der Waals surface area contributed by atoms with Gasteiger partial charge in [-0.15, -0.1) is 0 Å². The zero-order valence-electron chi connectivity index (χ0n) is 13.8. The monoisotopic (exact) mass is 348 g/mol. The second kappa shape index (κ2) is 6.43. The topological polar surface area (TPSA) is 41.1 Å². The summed E-state index contributed by atoms with van der Waals surface area (Å²) in [5.41, 5.74) is 1.11. The van der Waals surface area contributed by atoms with E-state index in [1.165, 1.54) is 18.2 Å². The molecular formula is C19H19F3N2O. The van der Waals surface area contributed by atoms with Crippen molar-refractivity contribution in [3.8, 4) is 0 Å². The highest BCUT2D eigenvalue weighted by atomic mass is 19.4. The van der Waals surface area contributed by atoms with E-state index in [0.29, 0.717) is 6.54 Å². The minimum atomic E-state index is -4.51. The molecule has 0 aromatic heterocycles. The molecule has 0 unspecified atom stereocenters. The van der Waals surface area contributed by atoms with Crippen LogP contribution in [0.15, 0.2) is 48.5 Å². The van der Waals surface area contributed by atoms with Gasteiger partial charge < -0.3 is 10.6 Å². The molecule has 1 saturated carbocycles. The van der Waals surface area contributed by atoms with Gasteiger partial charge in [0.25, 0.3) is 0 Å². The number of aryl methyl sites for hydroxylation is 1. The molecule has 3 rings (SSSR count). The number of nitrogens with one attached hydrogen (secondary N) is 2. The normalized spacial score (nSPS) is 15.5. The quantitative estimate of drug-likeness (QED) is 0.813. The average molecular weight is 348 g/mol. The van der Waals surface area contributed by atoms with Crippen LogP contribution in [0.25, 0.3) is 0 Å². The van der Waals surface area contributed by atoms with E-state index >= 15 is 0 Å². The third-order valence-electron chi connectivity index (χ3n) is 4.59. The average Bonchev–Trinajstić information content (AvgIpc) is 3.34. The SMILES string of the molecule is Cc1ccc(C2(CNC(=O)Nc3ccccc3C(F)(F)F)CC2)cc1. The number of alkyl halides is 3. The fourth-order valence-corrected chi connectivity index (χ4v) is 2.88. The smallest absolute Gasteiger partial charge is 0.337 e. The van der Waals surface area contributed by atoms with Crippen molar-refractivity contribution in [2.45, 2.75) is 31.4 Å². The highest BCUT2D eigenvalue weighted by Crippen LogP contribution is 2.47. The summed E-state index contributed by atoms with van der Waals surface area (Å²) >= 11 is 0. The molecule has 6 heteroatoms. The number of benzene rings is 2. The first-order chi connectivity index (χ1) is 11.8. The Morgan fingerprint density at radius 3 is 2.32 bits per heavy atom. The predicted octanol–water partition coefficient (Wildman–Crippen LogP) is 4.87. The van der Waals surface area contributed by atoms with Gasteiger partial charge in [-0.1, -0.05) is 42.0 Å². The molecule has 3 nitrogen and oxygen atoms in total. The lowest BCUT2D eigenvalue weighted by Gasteiger charge is -2.18. The molecule has 2 aromatic carbocycles. The van der Waals surface area contributed by atoms with E-state index in [2.05, 4.69) is 10.6 Å². The maximum Gasteiger partial charge on any atom is 0.418 e. The highest BCUT2D eigenvalue weighted by molar-refractivity contribution is 5.90. The summed E-state index contributed by atoms with van der Waals surface area (Å²) in [6, 6.07) is 12.4. The number of carbonyl (C=O) groups is 1. The Morgan fingerprint density at radius 1 is 1.08 bits per heavy atom. The van der Waals surface area contributed by atoms with Crippen LogP contribution in [0, 0.1) is 6.92 Å². The summed E-state index contributed by atoms with van der Waals surface area (Å²) in [5.74, 6) is 0. The summed E-state index contributed by atoms with van der Waals surface area (Å²) in [6.45, 7) is 2.41. The lowest BCUT2D eigenvalue weighted by Crippen LogP contribution is -2.35. The molecule has 0 saturated heterocycles. The number of urea groups is 1. The lowest BCUT2D eigenvalue weighted by atomic mass is 9.95. The van der Waals surface area contributed by atoms with Crippen LogP contribution < -0.4 is 10.6 Å². The third-order valence-corrected chi connectivity index (χ3v) is 4.59. The molecule has 0 heterocycles. The molecule has 0 bridgehead atoms. The predicted molar refractivity (Wildman–Crippen MR) is 90.6 cm³/mol. The number of para-hydroxylation sites is 1. The van der Waals surface area contributed by atoms with Gasteiger partial charge in [-0.25, -0.2) is 4.79 Å². The maximum absolute atomic E-state index is 13.0. The van der Waals surface area contributed by atoms with E-state index in [9.17, 15) is 18.0 Å². The molecule has 2 amide bonds. The Balaban J connectivity index is 1.64. The Labute approximate surface area is 144 Å². The lowest BCUT2D eigenvalue weighted by molar-refractivity contribution is -0.136. The molecule has 25 heavy (non-hydrogen) atoms. The first-order valence-electron chi connectivity index (χ1n) is 8.08. The summed E-state index contributed by atoms with van der Waals surface area (Å²) < 4.78 is 38.9. The van der Waals surface area contributed by atoms with Gasteiger partial charge in [0.15, 0.2) is 0 Å². The molecular weight excluding hydrogens is 329 g/mol. The third kappa shape index (κ3) is 3.95. The Hall–Kier alpha value is -2.50. The summed E-state index contributed by atoms with van der Waals surface area (Å²) in [7, 11) is 0. The number of hydrogen-bond acceptors (Lipinski definition) is 1. The summed E-state index contributed by atoms with van der Waals surface area (Å²) in [5, 5.41) is 5.02. The Morgan fingerprint density at radius 2 is 1.72 bits per heavy atom. The number of hydrogen-bond donors (Lipinski definition) is 2. The Bertz CT molecular complexity index is 765. The van der Waals surface area contributed by atoms with Crippen LogP contribution in [0.5, 0.6) is 0 Å². The second-order valence-corrected chi connectivity index (χ2v) is 6.50. The molecule has 132 valence electrons. The first-order valence-corrected chi connectivity index (χ1v) is 8.08. The van der Waals surface area contributed by atoms with Crippen LogP contribution >= 0.6 is 0 Å². The Kier molecular flexibility index (Phi) is 4.45. The van der Waals surface area contributed by atoms with Crippen molar-refractivity contribution in [1.29, 1.82) is 0 Å². The van der Waals surface area contributed by atoms with Gasteiger partial charge in [0.05, 0.1) is 11.3 Å². The molecule has 0 atom stereocenters. The maximum atomic E-state index is 13.0. The van der Waals surface area contributed by atoms with E-state index in [-0.39, 0.29) is 11.1 Å². The summed E-state index contributed by atoms with van der Waals surface area (Å²) in [4.78, 5) is 12.1. The molecule has 0 spiro atoms. The van der Waals surface area contributed by atoms with Crippen LogP contribution in [-0.2, 0) is 11.6 Å². The fraction of sp³-hybridized carbons (Fsp3) is 0.316. The van der Waals surface area contributed by atoms with Gasteiger partial charge in [-0.05, 0) is 37.5 Å². The zero-order valence-corrected chi connectivity index (χ0v) is 13.8. The van der Waals surface area contributed by atoms with Crippen LogP contribution in [0.3, 0.4) is 0 Å². The van der Waals surface area contributed by atoms with Gasteiger partial charge in [0, 0.05) is 12.0 Å². The first kappa shape index (κ1) is 17.3. The number of anilines is 1. The molecule has 0 radical (unpaired) electrons. The zero-order chi connectivity index (χ0) is 18.1. The van der Waals surface area contributed by atoms with E-state index in [0.717, 1.165) is 30.0 Å². The van der Waals surface area contributed by atoms with E-state index < -0.39 is 17.8 Å². The van der Waals surface area contributed by atoms with E-state index in [1.54, 1.807) is 0 Å². The number of carbonyl (C=O) groups excluding carboxylic acids is 1. The van der Waals surface area contributed by atoms with Gasteiger partial charge in [-0.2, -0.15) is 13.2 Å². The van der Waals surface area contributed by atoms with Gasteiger partial charge in [0.1, 0.15) is 0 Å². The summed E-state index contributed by atoms with van der Waals surface area (Å²) in [6.07, 6.45) is -2.60. The van der Waals surface area contributed by atoms with Crippen molar-refractivity contribution in [3.63, 3.8) is 0 Å². The van der Waals surface area contributed by atoms with Crippen molar-refractivity contribution < 1.29 is 18.0 Å².